The zero-order valence-electron chi connectivity index (χ0n) is 12.9. The normalized spacial score (nSPS) is 15.4. The fourth-order valence-corrected chi connectivity index (χ4v) is 2.57. The monoisotopic (exact) mass is 294 g/mol. The maximum atomic E-state index is 12.1. The Bertz CT molecular complexity index is 469. The summed E-state index contributed by atoms with van der Waals surface area (Å²) >= 11 is 0. The second-order valence-corrected chi connectivity index (χ2v) is 5.42. The predicted octanol–water partition coefficient (Wildman–Crippen LogP) is 0.860. The number of piperidine rings is 1. The molecule has 2 rings (SSSR count). The van der Waals surface area contributed by atoms with Crippen molar-refractivity contribution < 1.29 is 4.74 Å². The molecule has 1 N–H and O–H groups in total. The minimum atomic E-state index is -0.0169. The molecule has 0 saturated carbocycles. The fraction of sp³-hybridized carbons (Fsp3) is 0.733. The number of nitrogens with one attached hydrogen (secondary N) is 1. The third-order valence-corrected chi connectivity index (χ3v) is 3.78. The van der Waals surface area contributed by atoms with Crippen LogP contribution in [0.3, 0.4) is 0 Å². The molecule has 118 valence electrons. The summed E-state index contributed by atoms with van der Waals surface area (Å²) < 4.78 is 6.51. The van der Waals surface area contributed by atoms with Crippen LogP contribution in [0.2, 0.25) is 0 Å². The Balaban J connectivity index is 1.80. The highest BCUT2D eigenvalue weighted by Gasteiger charge is 2.12. The van der Waals surface area contributed by atoms with E-state index in [1.54, 1.807) is 13.2 Å². The van der Waals surface area contributed by atoms with Gasteiger partial charge >= 0.3 is 0 Å². The molecule has 1 fully saturated rings. The lowest BCUT2D eigenvalue weighted by Gasteiger charge is -2.28. The lowest BCUT2D eigenvalue weighted by molar-refractivity contribution is 0.194. The average Bonchev–Trinajstić information content (AvgIpc) is 2.53. The van der Waals surface area contributed by atoms with Crippen LogP contribution in [-0.4, -0.2) is 49.7 Å². The van der Waals surface area contributed by atoms with Gasteiger partial charge in [-0.3, -0.25) is 4.79 Å². The molecule has 0 spiro atoms. The molecule has 1 saturated heterocycles. The first kappa shape index (κ1) is 16.0. The third-order valence-electron chi connectivity index (χ3n) is 3.78. The van der Waals surface area contributed by atoms with Crippen molar-refractivity contribution in [1.29, 1.82) is 0 Å². The Morgan fingerprint density at radius 2 is 2.10 bits per heavy atom. The zero-order valence-corrected chi connectivity index (χ0v) is 12.9. The van der Waals surface area contributed by atoms with Crippen molar-refractivity contribution in [2.24, 2.45) is 0 Å². The number of hydrogen-bond acceptors (Lipinski definition) is 5. The van der Waals surface area contributed by atoms with E-state index in [0.717, 1.165) is 44.9 Å². The van der Waals surface area contributed by atoms with Crippen molar-refractivity contribution in [2.75, 3.05) is 44.8 Å². The van der Waals surface area contributed by atoms with Gasteiger partial charge in [0.1, 0.15) is 0 Å². The van der Waals surface area contributed by atoms with Gasteiger partial charge in [0.15, 0.2) is 0 Å². The van der Waals surface area contributed by atoms with E-state index in [0.29, 0.717) is 6.54 Å². The minimum absolute atomic E-state index is 0.0169. The number of ether oxygens (including phenoxy) is 1. The van der Waals surface area contributed by atoms with Gasteiger partial charge in [0.2, 0.25) is 0 Å². The van der Waals surface area contributed by atoms with Crippen molar-refractivity contribution in [3.63, 3.8) is 0 Å². The van der Waals surface area contributed by atoms with Gasteiger partial charge in [0, 0.05) is 39.4 Å². The van der Waals surface area contributed by atoms with E-state index in [1.165, 1.54) is 23.9 Å². The van der Waals surface area contributed by atoms with Crippen molar-refractivity contribution in [3.05, 3.63) is 22.6 Å². The number of aromatic nitrogens is 2. The second kappa shape index (κ2) is 8.79. The van der Waals surface area contributed by atoms with Gasteiger partial charge in [-0.2, -0.15) is 5.10 Å². The molecule has 0 aliphatic carbocycles. The van der Waals surface area contributed by atoms with Gasteiger partial charge in [-0.15, -0.1) is 0 Å². The molecule has 6 heteroatoms. The minimum Gasteiger partial charge on any atom is -0.385 e. The van der Waals surface area contributed by atoms with Crippen LogP contribution in [0.1, 0.15) is 25.7 Å². The molecular weight excluding hydrogens is 268 g/mol. The quantitative estimate of drug-likeness (QED) is 0.721. The predicted molar refractivity (Wildman–Crippen MR) is 83.9 cm³/mol. The number of nitrogens with zero attached hydrogens (tertiary/aromatic N) is 3. The van der Waals surface area contributed by atoms with E-state index in [4.69, 9.17) is 4.74 Å². The topological polar surface area (TPSA) is 59.4 Å². The summed E-state index contributed by atoms with van der Waals surface area (Å²) in [5.41, 5.74) is 0.945. The average molecular weight is 294 g/mol. The molecule has 0 amide bonds. The van der Waals surface area contributed by atoms with E-state index in [-0.39, 0.29) is 5.56 Å². The third kappa shape index (κ3) is 5.13. The highest BCUT2D eigenvalue weighted by molar-refractivity contribution is 5.43. The Hall–Kier alpha value is -1.40. The van der Waals surface area contributed by atoms with Gasteiger partial charge in [0.25, 0.3) is 5.56 Å². The largest absolute Gasteiger partial charge is 0.385 e. The first-order valence-electron chi connectivity index (χ1n) is 7.83. The summed E-state index contributed by atoms with van der Waals surface area (Å²) in [6.07, 6.45) is 6.49. The Kier molecular flexibility index (Phi) is 6.69. The van der Waals surface area contributed by atoms with Crippen molar-refractivity contribution in [1.82, 2.24) is 15.1 Å². The Morgan fingerprint density at radius 1 is 1.29 bits per heavy atom. The molecule has 2 heterocycles. The highest BCUT2D eigenvalue weighted by atomic mass is 16.5. The van der Waals surface area contributed by atoms with E-state index in [2.05, 4.69) is 15.3 Å². The van der Waals surface area contributed by atoms with Gasteiger partial charge in [-0.05, 0) is 32.2 Å². The van der Waals surface area contributed by atoms with Gasteiger partial charge in [0.05, 0.1) is 18.4 Å². The maximum absolute atomic E-state index is 12.1. The van der Waals surface area contributed by atoms with Crippen LogP contribution in [0, 0.1) is 0 Å². The molecule has 6 nitrogen and oxygen atoms in total. The number of hydrogen-bond donors (Lipinski definition) is 1. The van der Waals surface area contributed by atoms with Crippen LogP contribution in [0.4, 0.5) is 5.69 Å². The summed E-state index contributed by atoms with van der Waals surface area (Å²) in [5.74, 6) is 0. The van der Waals surface area contributed by atoms with Crippen LogP contribution >= 0.6 is 0 Å². The fourth-order valence-electron chi connectivity index (χ4n) is 2.57. The second-order valence-electron chi connectivity index (χ2n) is 5.42. The van der Waals surface area contributed by atoms with Gasteiger partial charge in [-0.25, -0.2) is 4.68 Å². The molecule has 1 aliphatic rings. The molecule has 0 aromatic carbocycles. The lowest BCUT2D eigenvalue weighted by atomic mass is 10.1. The summed E-state index contributed by atoms with van der Waals surface area (Å²) in [7, 11) is 1.70. The van der Waals surface area contributed by atoms with Crippen molar-refractivity contribution >= 4 is 5.69 Å². The van der Waals surface area contributed by atoms with E-state index in [9.17, 15) is 4.79 Å². The SMILES string of the molecule is COCCCNCCn1ncc(N2CCCCC2)cc1=O. The molecule has 0 bridgehead atoms. The Labute approximate surface area is 126 Å². The molecule has 0 unspecified atom stereocenters. The van der Waals surface area contributed by atoms with Crippen LogP contribution in [-0.2, 0) is 11.3 Å². The van der Waals surface area contributed by atoms with E-state index < -0.39 is 0 Å². The van der Waals surface area contributed by atoms with Crippen molar-refractivity contribution in [2.45, 2.75) is 32.2 Å². The summed E-state index contributed by atoms with van der Waals surface area (Å²) in [6, 6.07) is 1.71. The van der Waals surface area contributed by atoms with Crippen LogP contribution in [0.15, 0.2) is 17.1 Å². The molecule has 21 heavy (non-hydrogen) atoms. The van der Waals surface area contributed by atoms with Crippen LogP contribution in [0.5, 0.6) is 0 Å². The smallest absolute Gasteiger partial charge is 0.268 e. The number of anilines is 1. The Morgan fingerprint density at radius 3 is 2.81 bits per heavy atom. The standard InChI is InChI=1S/C15H26N4O2/c1-21-11-5-6-16-7-10-19-15(20)12-14(13-17-19)18-8-3-2-4-9-18/h12-13,16H,2-11H2,1H3. The molecule has 1 aliphatic heterocycles. The summed E-state index contributed by atoms with van der Waals surface area (Å²) in [6.45, 7) is 5.08. The molecule has 0 radical (unpaired) electrons. The number of methoxy groups -OCH3 is 1. The van der Waals surface area contributed by atoms with Crippen LogP contribution in [0.25, 0.3) is 0 Å². The maximum Gasteiger partial charge on any atom is 0.268 e. The zero-order chi connectivity index (χ0) is 14.9. The number of rotatable bonds is 8. The van der Waals surface area contributed by atoms with Crippen molar-refractivity contribution in [3.8, 4) is 0 Å². The molecule has 0 atom stereocenters. The lowest BCUT2D eigenvalue weighted by Crippen LogP contribution is -2.33. The van der Waals surface area contributed by atoms with Crippen LogP contribution < -0.4 is 15.8 Å². The summed E-state index contributed by atoms with van der Waals surface area (Å²) in [5, 5.41) is 7.57. The molecule has 1 aromatic rings. The first-order chi connectivity index (χ1) is 10.3. The highest BCUT2D eigenvalue weighted by Crippen LogP contribution is 2.16. The summed E-state index contributed by atoms with van der Waals surface area (Å²) in [4.78, 5) is 14.3. The van der Waals surface area contributed by atoms with Gasteiger partial charge in [-0.1, -0.05) is 0 Å². The van der Waals surface area contributed by atoms with E-state index in [1.807, 2.05) is 6.20 Å². The van der Waals surface area contributed by atoms with E-state index >= 15 is 0 Å². The van der Waals surface area contributed by atoms with Gasteiger partial charge < -0.3 is 15.0 Å². The molecular formula is C15H26N4O2. The first-order valence-corrected chi connectivity index (χ1v) is 7.83. The molecule has 1 aromatic heterocycles.